The number of rotatable bonds is 4. The highest BCUT2D eigenvalue weighted by molar-refractivity contribution is 5.90. The van der Waals surface area contributed by atoms with E-state index in [1.165, 1.54) is 6.08 Å². The van der Waals surface area contributed by atoms with Gasteiger partial charge in [0, 0.05) is 24.4 Å². The van der Waals surface area contributed by atoms with Gasteiger partial charge in [-0.05, 0) is 43.0 Å². The zero-order chi connectivity index (χ0) is 15.2. The molecule has 0 aromatic heterocycles. The number of hydrogen-bond donors (Lipinski definition) is 2. The summed E-state index contributed by atoms with van der Waals surface area (Å²) in [5.74, 6) is -0.980. The van der Waals surface area contributed by atoms with Crippen molar-refractivity contribution in [2.45, 2.75) is 32.2 Å². The molecule has 21 heavy (non-hydrogen) atoms. The molecular formula is C16H20N2O3. The minimum absolute atomic E-state index is 0.0619. The lowest BCUT2D eigenvalue weighted by atomic mass is 10.2. The third-order valence-electron chi connectivity index (χ3n) is 3.69. The molecule has 2 N–H and O–H groups in total. The molecule has 1 atom stereocenters. The number of likely N-dealkylation sites (tertiary alicyclic amines) is 1. The number of nitrogens with zero attached hydrogens (tertiary/aromatic N) is 1. The van der Waals surface area contributed by atoms with Crippen molar-refractivity contribution >= 4 is 23.8 Å². The molecule has 0 aliphatic carbocycles. The lowest BCUT2D eigenvalue weighted by Crippen LogP contribution is -2.38. The lowest BCUT2D eigenvalue weighted by molar-refractivity contribution is -0.131. The number of carbonyl (C=O) groups is 2. The molecule has 0 spiro atoms. The quantitative estimate of drug-likeness (QED) is 0.836. The first-order chi connectivity index (χ1) is 10.1. The maximum atomic E-state index is 12.2. The zero-order valence-corrected chi connectivity index (χ0v) is 12.1. The number of carboxylic acid groups (broad SMARTS) is 1. The fourth-order valence-corrected chi connectivity index (χ4v) is 2.57. The number of amides is 2. The van der Waals surface area contributed by atoms with Gasteiger partial charge in [0.15, 0.2) is 0 Å². The number of urea groups is 1. The molecule has 0 bridgehead atoms. The Morgan fingerprint density at radius 1 is 1.38 bits per heavy atom. The molecule has 1 saturated heterocycles. The second-order valence-corrected chi connectivity index (χ2v) is 5.12. The Morgan fingerprint density at radius 3 is 2.71 bits per heavy atom. The fourth-order valence-electron chi connectivity index (χ4n) is 2.57. The predicted octanol–water partition coefficient (Wildman–Crippen LogP) is 3.19. The number of benzene rings is 1. The van der Waals surface area contributed by atoms with E-state index in [9.17, 15) is 9.59 Å². The summed E-state index contributed by atoms with van der Waals surface area (Å²) in [7, 11) is 0. The number of carboxylic acids is 1. The summed E-state index contributed by atoms with van der Waals surface area (Å²) in [4.78, 5) is 24.5. The van der Waals surface area contributed by atoms with Crippen LogP contribution in [0.4, 0.5) is 10.5 Å². The van der Waals surface area contributed by atoms with E-state index >= 15 is 0 Å². The number of hydrogen-bond acceptors (Lipinski definition) is 2. The first-order valence-electron chi connectivity index (χ1n) is 7.19. The molecule has 0 saturated carbocycles. The van der Waals surface area contributed by atoms with Crippen LogP contribution in [0.2, 0.25) is 0 Å². The van der Waals surface area contributed by atoms with Crippen molar-refractivity contribution in [2.75, 3.05) is 11.9 Å². The zero-order valence-electron chi connectivity index (χ0n) is 12.1. The Hall–Kier alpha value is -2.30. The SMILES string of the molecule is CCC1CCCN1C(=O)Nc1ccc(C=CC(=O)O)cc1. The molecule has 2 amide bonds. The Bertz CT molecular complexity index is 537. The molecule has 1 fully saturated rings. The van der Waals surface area contributed by atoms with E-state index in [4.69, 9.17) is 5.11 Å². The highest BCUT2D eigenvalue weighted by Crippen LogP contribution is 2.21. The van der Waals surface area contributed by atoms with Crippen LogP contribution in [0.3, 0.4) is 0 Å². The molecule has 112 valence electrons. The average molecular weight is 288 g/mol. The largest absolute Gasteiger partial charge is 0.478 e. The highest BCUT2D eigenvalue weighted by Gasteiger charge is 2.27. The summed E-state index contributed by atoms with van der Waals surface area (Å²) < 4.78 is 0. The van der Waals surface area contributed by atoms with Crippen LogP contribution in [0.15, 0.2) is 30.3 Å². The van der Waals surface area contributed by atoms with Gasteiger partial charge in [0.2, 0.25) is 0 Å². The molecule has 1 aliphatic rings. The van der Waals surface area contributed by atoms with Gasteiger partial charge in [-0.2, -0.15) is 0 Å². The van der Waals surface area contributed by atoms with Gasteiger partial charge >= 0.3 is 12.0 Å². The van der Waals surface area contributed by atoms with E-state index < -0.39 is 5.97 Å². The molecule has 1 unspecified atom stereocenters. The van der Waals surface area contributed by atoms with Gasteiger partial charge in [-0.15, -0.1) is 0 Å². The highest BCUT2D eigenvalue weighted by atomic mass is 16.4. The topological polar surface area (TPSA) is 69.6 Å². The third kappa shape index (κ3) is 4.08. The Kier molecular flexibility index (Phi) is 4.98. The van der Waals surface area contributed by atoms with Crippen LogP contribution in [-0.4, -0.2) is 34.6 Å². The molecule has 5 nitrogen and oxygen atoms in total. The first kappa shape index (κ1) is 15.1. The van der Waals surface area contributed by atoms with Gasteiger partial charge in [0.25, 0.3) is 0 Å². The van der Waals surface area contributed by atoms with E-state index in [1.807, 2.05) is 4.90 Å². The average Bonchev–Trinajstić information content (AvgIpc) is 2.95. The van der Waals surface area contributed by atoms with E-state index in [2.05, 4.69) is 12.2 Å². The van der Waals surface area contributed by atoms with Crippen molar-refractivity contribution in [2.24, 2.45) is 0 Å². The fraction of sp³-hybridized carbons (Fsp3) is 0.375. The van der Waals surface area contributed by atoms with Crippen LogP contribution in [0.25, 0.3) is 6.08 Å². The lowest BCUT2D eigenvalue weighted by Gasteiger charge is -2.23. The minimum atomic E-state index is -0.980. The second kappa shape index (κ2) is 6.92. The monoisotopic (exact) mass is 288 g/mol. The molecule has 5 heteroatoms. The van der Waals surface area contributed by atoms with Crippen LogP contribution in [0.1, 0.15) is 31.7 Å². The molecule has 1 heterocycles. The van der Waals surface area contributed by atoms with Crippen molar-refractivity contribution in [3.8, 4) is 0 Å². The van der Waals surface area contributed by atoms with Gasteiger partial charge in [0.1, 0.15) is 0 Å². The number of anilines is 1. The Labute approximate surface area is 124 Å². The second-order valence-electron chi connectivity index (χ2n) is 5.12. The van der Waals surface area contributed by atoms with Gasteiger partial charge in [0.05, 0.1) is 0 Å². The summed E-state index contributed by atoms with van der Waals surface area (Å²) in [6, 6.07) is 7.37. The summed E-state index contributed by atoms with van der Waals surface area (Å²) in [5, 5.41) is 11.5. The van der Waals surface area contributed by atoms with Crippen molar-refractivity contribution < 1.29 is 14.7 Å². The normalized spacial score (nSPS) is 18.1. The maximum absolute atomic E-state index is 12.2. The summed E-state index contributed by atoms with van der Waals surface area (Å²) in [6.45, 7) is 2.91. The van der Waals surface area contributed by atoms with Gasteiger partial charge in [-0.3, -0.25) is 0 Å². The van der Waals surface area contributed by atoms with Crippen LogP contribution in [-0.2, 0) is 4.79 Å². The smallest absolute Gasteiger partial charge is 0.328 e. The molecule has 1 aliphatic heterocycles. The first-order valence-corrected chi connectivity index (χ1v) is 7.19. The number of nitrogens with one attached hydrogen (secondary N) is 1. The van der Waals surface area contributed by atoms with Gasteiger partial charge in [-0.25, -0.2) is 9.59 Å². The molecule has 0 radical (unpaired) electrons. The summed E-state index contributed by atoms with van der Waals surface area (Å²) in [6.07, 6.45) is 5.71. The van der Waals surface area contributed by atoms with Crippen LogP contribution < -0.4 is 5.32 Å². The van der Waals surface area contributed by atoms with E-state index in [0.29, 0.717) is 11.7 Å². The van der Waals surface area contributed by atoms with E-state index in [-0.39, 0.29) is 6.03 Å². The van der Waals surface area contributed by atoms with Crippen molar-refractivity contribution in [1.82, 2.24) is 4.90 Å². The van der Waals surface area contributed by atoms with Crippen molar-refractivity contribution in [1.29, 1.82) is 0 Å². The molecule has 1 aromatic rings. The van der Waals surface area contributed by atoms with Crippen molar-refractivity contribution in [3.05, 3.63) is 35.9 Å². The molecule has 2 rings (SSSR count). The van der Waals surface area contributed by atoms with Crippen LogP contribution >= 0.6 is 0 Å². The van der Waals surface area contributed by atoms with Crippen LogP contribution in [0, 0.1) is 0 Å². The van der Waals surface area contributed by atoms with E-state index in [1.54, 1.807) is 24.3 Å². The molecular weight excluding hydrogens is 268 g/mol. The van der Waals surface area contributed by atoms with Crippen molar-refractivity contribution in [3.63, 3.8) is 0 Å². The minimum Gasteiger partial charge on any atom is -0.478 e. The summed E-state index contributed by atoms with van der Waals surface area (Å²) >= 11 is 0. The standard InChI is InChI=1S/C16H20N2O3/c1-2-14-4-3-11-18(14)16(21)17-13-8-5-12(6-9-13)7-10-15(19)20/h5-10,14H,2-4,11H2,1H3,(H,17,21)(H,19,20). The van der Waals surface area contributed by atoms with Gasteiger partial charge in [-0.1, -0.05) is 19.1 Å². The maximum Gasteiger partial charge on any atom is 0.328 e. The Morgan fingerprint density at radius 2 is 2.10 bits per heavy atom. The predicted molar refractivity (Wildman–Crippen MR) is 82.1 cm³/mol. The van der Waals surface area contributed by atoms with Crippen LogP contribution in [0.5, 0.6) is 0 Å². The Balaban J connectivity index is 1.97. The molecule has 1 aromatic carbocycles. The third-order valence-corrected chi connectivity index (χ3v) is 3.69. The number of aliphatic carboxylic acids is 1. The number of carbonyl (C=O) groups excluding carboxylic acids is 1. The van der Waals surface area contributed by atoms with E-state index in [0.717, 1.165) is 37.4 Å². The van der Waals surface area contributed by atoms with Gasteiger partial charge < -0.3 is 15.3 Å². The summed E-state index contributed by atoms with van der Waals surface area (Å²) in [5.41, 5.74) is 1.50.